The third kappa shape index (κ3) is 6.36. The number of allylic oxidation sites excluding steroid dienone is 1. The molecule has 1 aliphatic rings. The van der Waals surface area contributed by atoms with Crippen molar-refractivity contribution in [3.8, 4) is 0 Å². The number of ether oxygens (including phenoxy) is 2. The molecule has 0 radical (unpaired) electrons. The minimum Gasteiger partial charge on any atom is -0.396 e. The van der Waals surface area contributed by atoms with Crippen molar-refractivity contribution < 1.29 is 14.6 Å². The quantitative estimate of drug-likeness (QED) is 0.435. The molecule has 0 fully saturated rings. The standard InChI is InChI=1S/C22H33NO3/c1-25-21(26-2)15-8-16-23-22(19-12-4-3-5-13-19)20(14-9-17-24)18-10-6-7-11-18/h3-5,10,12-14,21-24H,6-9,11,15-17H2,1-2H3/b20-14+. The predicted molar refractivity (Wildman–Crippen MR) is 106 cm³/mol. The lowest BCUT2D eigenvalue weighted by Crippen LogP contribution is -2.26. The lowest BCUT2D eigenvalue weighted by molar-refractivity contribution is -0.106. The van der Waals surface area contributed by atoms with Gasteiger partial charge in [0.2, 0.25) is 0 Å². The van der Waals surface area contributed by atoms with Gasteiger partial charge < -0.3 is 19.9 Å². The third-order valence-corrected chi connectivity index (χ3v) is 4.84. The van der Waals surface area contributed by atoms with E-state index in [1.54, 1.807) is 14.2 Å². The molecule has 4 nitrogen and oxygen atoms in total. The Labute approximate surface area is 157 Å². The van der Waals surface area contributed by atoms with Gasteiger partial charge in [-0.25, -0.2) is 0 Å². The van der Waals surface area contributed by atoms with Crippen molar-refractivity contribution in [2.24, 2.45) is 0 Å². The van der Waals surface area contributed by atoms with Gasteiger partial charge in [-0.2, -0.15) is 0 Å². The molecule has 144 valence electrons. The monoisotopic (exact) mass is 359 g/mol. The molecule has 1 aromatic rings. The molecule has 4 heteroatoms. The molecular weight excluding hydrogens is 326 g/mol. The molecule has 0 aromatic heterocycles. The fraction of sp³-hybridized carbons (Fsp3) is 0.545. The van der Waals surface area contributed by atoms with Crippen LogP contribution in [0.4, 0.5) is 0 Å². The molecule has 0 saturated carbocycles. The summed E-state index contributed by atoms with van der Waals surface area (Å²) in [6, 6.07) is 10.7. The van der Waals surface area contributed by atoms with Crippen LogP contribution in [-0.4, -0.2) is 38.8 Å². The van der Waals surface area contributed by atoms with Crippen LogP contribution in [0, 0.1) is 0 Å². The zero-order valence-electron chi connectivity index (χ0n) is 16.1. The summed E-state index contributed by atoms with van der Waals surface area (Å²) in [6.45, 7) is 1.06. The van der Waals surface area contributed by atoms with Gasteiger partial charge in [0.05, 0.1) is 6.04 Å². The summed E-state index contributed by atoms with van der Waals surface area (Å²) >= 11 is 0. The predicted octanol–water partition coefficient (Wildman–Crippen LogP) is 4.14. The normalized spacial score (nSPS) is 16.2. The van der Waals surface area contributed by atoms with Crippen LogP contribution in [-0.2, 0) is 9.47 Å². The van der Waals surface area contributed by atoms with Crippen LogP contribution >= 0.6 is 0 Å². The second-order valence-corrected chi connectivity index (χ2v) is 6.63. The van der Waals surface area contributed by atoms with E-state index >= 15 is 0 Å². The minimum atomic E-state index is -0.145. The van der Waals surface area contributed by atoms with Crippen LogP contribution in [0.5, 0.6) is 0 Å². The Morgan fingerprint density at radius 1 is 1.23 bits per heavy atom. The SMILES string of the molecule is COC(CCCNC(/C(=C/CCO)C1=CCCC1)c1ccccc1)OC. The average Bonchev–Trinajstić information content (AvgIpc) is 3.22. The number of aliphatic hydroxyl groups excluding tert-OH is 1. The Bertz CT molecular complexity index is 564. The van der Waals surface area contributed by atoms with Gasteiger partial charge in [-0.15, -0.1) is 0 Å². The molecular formula is C22H33NO3. The highest BCUT2D eigenvalue weighted by molar-refractivity contribution is 5.42. The molecule has 0 amide bonds. The smallest absolute Gasteiger partial charge is 0.156 e. The van der Waals surface area contributed by atoms with Crippen molar-refractivity contribution in [2.45, 2.75) is 50.9 Å². The second kappa shape index (κ2) is 12.0. The number of hydrogen-bond donors (Lipinski definition) is 2. The van der Waals surface area contributed by atoms with Crippen molar-refractivity contribution in [1.82, 2.24) is 5.32 Å². The van der Waals surface area contributed by atoms with Crippen LogP contribution in [0.15, 0.2) is 53.6 Å². The van der Waals surface area contributed by atoms with E-state index in [9.17, 15) is 5.11 Å². The maximum atomic E-state index is 9.33. The molecule has 2 rings (SSSR count). The Morgan fingerprint density at radius 2 is 2.00 bits per heavy atom. The molecule has 26 heavy (non-hydrogen) atoms. The van der Waals surface area contributed by atoms with E-state index in [4.69, 9.17) is 9.47 Å². The van der Waals surface area contributed by atoms with Gasteiger partial charge in [0, 0.05) is 20.8 Å². The van der Waals surface area contributed by atoms with Gasteiger partial charge in [0.15, 0.2) is 6.29 Å². The molecule has 0 saturated heterocycles. The van der Waals surface area contributed by atoms with Gasteiger partial charge in [0.1, 0.15) is 0 Å². The molecule has 1 atom stereocenters. The summed E-state index contributed by atoms with van der Waals surface area (Å²) in [5.74, 6) is 0. The molecule has 1 aliphatic carbocycles. The van der Waals surface area contributed by atoms with Crippen LogP contribution in [0.3, 0.4) is 0 Å². The van der Waals surface area contributed by atoms with Crippen molar-refractivity contribution in [2.75, 3.05) is 27.4 Å². The van der Waals surface area contributed by atoms with E-state index in [2.05, 4.69) is 41.7 Å². The van der Waals surface area contributed by atoms with E-state index in [1.165, 1.54) is 23.1 Å². The number of benzene rings is 1. The zero-order chi connectivity index (χ0) is 18.6. The van der Waals surface area contributed by atoms with Crippen LogP contribution in [0.1, 0.15) is 50.1 Å². The molecule has 0 heterocycles. The Kier molecular flexibility index (Phi) is 9.64. The molecule has 0 spiro atoms. The van der Waals surface area contributed by atoms with Gasteiger partial charge >= 0.3 is 0 Å². The highest BCUT2D eigenvalue weighted by Crippen LogP contribution is 2.34. The maximum absolute atomic E-state index is 9.33. The lowest BCUT2D eigenvalue weighted by atomic mass is 9.91. The fourth-order valence-electron chi connectivity index (χ4n) is 3.49. The first-order valence-corrected chi connectivity index (χ1v) is 9.64. The second-order valence-electron chi connectivity index (χ2n) is 6.63. The molecule has 0 aliphatic heterocycles. The number of aliphatic hydroxyl groups is 1. The summed E-state index contributed by atoms with van der Waals surface area (Å²) in [4.78, 5) is 0. The van der Waals surface area contributed by atoms with E-state index in [0.29, 0.717) is 6.42 Å². The number of rotatable bonds is 12. The van der Waals surface area contributed by atoms with Gasteiger partial charge in [-0.05, 0) is 61.8 Å². The summed E-state index contributed by atoms with van der Waals surface area (Å²) < 4.78 is 10.5. The summed E-state index contributed by atoms with van der Waals surface area (Å²) in [7, 11) is 3.35. The molecule has 1 aromatic carbocycles. The van der Waals surface area contributed by atoms with Crippen molar-refractivity contribution in [3.63, 3.8) is 0 Å². The third-order valence-electron chi connectivity index (χ3n) is 4.84. The van der Waals surface area contributed by atoms with Crippen molar-refractivity contribution >= 4 is 0 Å². The maximum Gasteiger partial charge on any atom is 0.156 e. The Morgan fingerprint density at radius 3 is 2.62 bits per heavy atom. The average molecular weight is 360 g/mol. The number of methoxy groups -OCH3 is 2. The summed E-state index contributed by atoms with van der Waals surface area (Å²) in [5, 5.41) is 13.1. The zero-order valence-corrected chi connectivity index (χ0v) is 16.1. The van der Waals surface area contributed by atoms with Gasteiger partial charge in [-0.3, -0.25) is 0 Å². The first kappa shape index (κ1) is 20.8. The highest BCUT2D eigenvalue weighted by Gasteiger charge is 2.21. The topological polar surface area (TPSA) is 50.7 Å². The lowest BCUT2D eigenvalue weighted by Gasteiger charge is -2.24. The Hall–Kier alpha value is -1.46. The molecule has 0 bridgehead atoms. The number of hydrogen-bond acceptors (Lipinski definition) is 4. The summed E-state index contributed by atoms with van der Waals surface area (Å²) in [6.07, 6.45) is 10.4. The first-order valence-electron chi connectivity index (χ1n) is 9.64. The van der Waals surface area contributed by atoms with Crippen LogP contribution in [0.25, 0.3) is 0 Å². The molecule has 2 N–H and O–H groups in total. The Balaban J connectivity index is 2.11. The van der Waals surface area contributed by atoms with E-state index in [1.807, 2.05) is 6.07 Å². The molecule has 1 unspecified atom stereocenters. The van der Waals surface area contributed by atoms with Gasteiger partial charge in [0.25, 0.3) is 0 Å². The first-order chi connectivity index (χ1) is 12.8. The highest BCUT2D eigenvalue weighted by atomic mass is 16.7. The van der Waals surface area contributed by atoms with E-state index < -0.39 is 0 Å². The van der Waals surface area contributed by atoms with Crippen molar-refractivity contribution in [1.29, 1.82) is 0 Å². The summed E-state index contributed by atoms with van der Waals surface area (Å²) in [5.41, 5.74) is 4.00. The minimum absolute atomic E-state index is 0.145. The van der Waals surface area contributed by atoms with Gasteiger partial charge in [-0.1, -0.05) is 42.5 Å². The van der Waals surface area contributed by atoms with Crippen molar-refractivity contribution in [3.05, 3.63) is 59.2 Å². The largest absolute Gasteiger partial charge is 0.396 e. The fourth-order valence-corrected chi connectivity index (χ4v) is 3.49. The van der Waals surface area contributed by atoms with E-state index in [0.717, 1.165) is 32.2 Å². The number of nitrogens with one attached hydrogen (secondary N) is 1. The van der Waals surface area contributed by atoms with E-state index in [-0.39, 0.29) is 18.9 Å². The van der Waals surface area contributed by atoms with Crippen LogP contribution in [0.2, 0.25) is 0 Å². The van der Waals surface area contributed by atoms with Crippen LogP contribution < -0.4 is 5.32 Å².